The van der Waals surface area contributed by atoms with Crippen LogP contribution in [0, 0.1) is 0 Å². The van der Waals surface area contributed by atoms with Crippen LogP contribution in [0.15, 0.2) is 47.4 Å². The molecule has 1 aromatic rings. The van der Waals surface area contributed by atoms with E-state index in [1.807, 2.05) is 13.8 Å². The average Bonchev–Trinajstić information content (AvgIpc) is 2.89. The lowest BCUT2D eigenvalue weighted by Gasteiger charge is -2.11. The van der Waals surface area contributed by atoms with Gasteiger partial charge in [0, 0.05) is 0 Å². The lowest BCUT2D eigenvalue weighted by atomic mass is 10.1. The van der Waals surface area contributed by atoms with Gasteiger partial charge in [-0.15, -0.1) is 0 Å². The summed E-state index contributed by atoms with van der Waals surface area (Å²) in [6, 6.07) is 3.22. The zero-order valence-corrected chi connectivity index (χ0v) is 24.0. The second kappa shape index (κ2) is 20.5. The monoisotopic (exact) mass is 550 g/mol. The molecule has 38 heavy (non-hydrogen) atoms. The summed E-state index contributed by atoms with van der Waals surface area (Å²) in [6.07, 6.45) is 22.9. The highest BCUT2D eigenvalue weighted by atomic mass is 32.2. The minimum Gasteiger partial charge on any atom is -0.462 e. The smallest absolute Gasteiger partial charge is 0.339 e. The van der Waals surface area contributed by atoms with Crippen LogP contribution in [0.4, 0.5) is 0 Å². The predicted octanol–water partition coefficient (Wildman–Crippen LogP) is 7.86. The SMILES string of the molecule is C/C=C/CCCCCCCCOC(=O)c1ccc(S(=O)(=O)O)cc1C(=O)OCCCCCCCC/C=C/C. The van der Waals surface area contributed by atoms with Gasteiger partial charge in [0.2, 0.25) is 0 Å². The molecule has 0 aliphatic heterocycles. The Labute approximate surface area is 229 Å². The highest BCUT2D eigenvalue weighted by Crippen LogP contribution is 2.19. The molecule has 7 nitrogen and oxygen atoms in total. The van der Waals surface area contributed by atoms with Crippen LogP contribution in [-0.2, 0) is 19.6 Å². The lowest BCUT2D eigenvalue weighted by Crippen LogP contribution is -2.16. The van der Waals surface area contributed by atoms with Crippen LogP contribution in [0.25, 0.3) is 0 Å². The molecule has 0 saturated carbocycles. The van der Waals surface area contributed by atoms with Gasteiger partial charge in [-0.25, -0.2) is 9.59 Å². The summed E-state index contributed by atoms with van der Waals surface area (Å²) in [4.78, 5) is 24.9. The van der Waals surface area contributed by atoms with Crippen molar-refractivity contribution in [1.29, 1.82) is 0 Å². The van der Waals surface area contributed by atoms with Crippen molar-refractivity contribution in [3.8, 4) is 0 Å². The average molecular weight is 551 g/mol. The van der Waals surface area contributed by atoms with Crippen molar-refractivity contribution in [2.24, 2.45) is 0 Å². The Bertz CT molecular complexity index is 980. The summed E-state index contributed by atoms with van der Waals surface area (Å²) in [5, 5.41) is 0. The molecule has 0 fully saturated rings. The molecule has 0 bridgehead atoms. The first-order chi connectivity index (χ1) is 18.3. The first kappa shape index (κ1) is 33.6. The maximum absolute atomic E-state index is 12.7. The summed E-state index contributed by atoms with van der Waals surface area (Å²) < 4.78 is 43.2. The van der Waals surface area contributed by atoms with E-state index in [1.54, 1.807) is 0 Å². The number of allylic oxidation sites excluding steroid dienone is 4. The van der Waals surface area contributed by atoms with Gasteiger partial charge < -0.3 is 9.47 Å². The number of carbonyl (C=O) groups excluding carboxylic acids is 2. The summed E-state index contributed by atoms with van der Waals surface area (Å²) in [5.74, 6) is -1.53. The highest BCUT2D eigenvalue weighted by molar-refractivity contribution is 7.85. The molecule has 0 amide bonds. The zero-order valence-electron chi connectivity index (χ0n) is 23.2. The van der Waals surface area contributed by atoms with E-state index in [4.69, 9.17) is 9.47 Å². The Morgan fingerprint density at radius 1 is 0.684 bits per heavy atom. The van der Waals surface area contributed by atoms with Crippen molar-refractivity contribution in [2.45, 2.75) is 109 Å². The van der Waals surface area contributed by atoms with E-state index in [0.29, 0.717) is 12.8 Å². The molecule has 8 heteroatoms. The first-order valence-corrected chi connectivity index (χ1v) is 15.4. The summed E-state index contributed by atoms with van der Waals surface area (Å²) >= 11 is 0. The number of carbonyl (C=O) groups is 2. The van der Waals surface area contributed by atoms with Crippen molar-refractivity contribution in [3.63, 3.8) is 0 Å². The van der Waals surface area contributed by atoms with Gasteiger partial charge in [0.05, 0.1) is 29.2 Å². The van der Waals surface area contributed by atoms with Crippen molar-refractivity contribution in [3.05, 3.63) is 53.6 Å². The van der Waals surface area contributed by atoms with Crippen molar-refractivity contribution < 1.29 is 32.0 Å². The molecule has 1 N–H and O–H groups in total. The molecule has 0 radical (unpaired) electrons. The van der Waals surface area contributed by atoms with Gasteiger partial charge >= 0.3 is 11.9 Å². The minimum absolute atomic E-state index is 0.0764. The number of ether oxygens (including phenoxy) is 2. The lowest BCUT2D eigenvalue weighted by molar-refractivity contribution is 0.0450. The summed E-state index contributed by atoms with van der Waals surface area (Å²) in [5.41, 5.74) is -0.303. The summed E-state index contributed by atoms with van der Waals surface area (Å²) in [7, 11) is -4.55. The number of unbranched alkanes of at least 4 members (excludes halogenated alkanes) is 12. The van der Waals surface area contributed by atoms with Crippen LogP contribution >= 0.6 is 0 Å². The molecular weight excluding hydrogens is 504 g/mol. The normalized spacial score (nSPS) is 11.9. The third-order valence-electron chi connectivity index (χ3n) is 6.20. The topological polar surface area (TPSA) is 107 Å². The number of esters is 2. The third-order valence-corrected chi connectivity index (χ3v) is 7.05. The van der Waals surface area contributed by atoms with Crippen LogP contribution in [0.5, 0.6) is 0 Å². The number of hydrogen-bond donors (Lipinski definition) is 1. The van der Waals surface area contributed by atoms with Gasteiger partial charge in [-0.2, -0.15) is 8.42 Å². The van der Waals surface area contributed by atoms with E-state index in [9.17, 15) is 22.6 Å². The molecular formula is C30H46O7S. The number of hydrogen-bond acceptors (Lipinski definition) is 6. The molecule has 1 aromatic carbocycles. The Kier molecular flexibility index (Phi) is 18.1. The summed E-state index contributed by atoms with van der Waals surface area (Å²) in [6.45, 7) is 4.41. The molecule has 0 atom stereocenters. The van der Waals surface area contributed by atoms with Crippen molar-refractivity contribution in [2.75, 3.05) is 13.2 Å². The van der Waals surface area contributed by atoms with Gasteiger partial charge in [-0.3, -0.25) is 4.55 Å². The molecule has 214 valence electrons. The number of benzene rings is 1. The fraction of sp³-hybridized carbons (Fsp3) is 0.600. The van der Waals surface area contributed by atoms with Gasteiger partial charge in [-0.05, 0) is 70.6 Å². The second-order valence-corrected chi connectivity index (χ2v) is 10.8. The van der Waals surface area contributed by atoms with E-state index in [0.717, 1.165) is 69.9 Å². The van der Waals surface area contributed by atoms with E-state index >= 15 is 0 Å². The van der Waals surface area contributed by atoms with E-state index in [-0.39, 0.29) is 24.3 Å². The molecule has 0 saturated heterocycles. The van der Waals surface area contributed by atoms with Gasteiger partial charge in [-0.1, -0.05) is 75.7 Å². The Morgan fingerprint density at radius 2 is 1.11 bits per heavy atom. The molecule has 0 unspecified atom stereocenters. The molecule has 0 heterocycles. The van der Waals surface area contributed by atoms with Crippen LogP contribution in [-0.4, -0.2) is 38.1 Å². The Hall–Kier alpha value is -2.45. The Morgan fingerprint density at radius 3 is 1.55 bits per heavy atom. The fourth-order valence-electron chi connectivity index (χ4n) is 3.99. The molecule has 0 aromatic heterocycles. The van der Waals surface area contributed by atoms with Gasteiger partial charge in [0.15, 0.2) is 0 Å². The molecule has 0 aliphatic rings. The van der Waals surface area contributed by atoms with Crippen molar-refractivity contribution in [1.82, 2.24) is 0 Å². The molecule has 0 aliphatic carbocycles. The fourth-order valence-corrected chi connectivity index (χ4v) is 4.50. The maximum atomic E-state index is 12.7. The second-order valence-electron chi connectivity index (χ2n) is 9.41. The van der Waals surface area contributed by atoms with Crippen LogP contribution in [0.2, 0.25) is 0 Å². The van der Waals surface area contributed by atoms with Crippen LogP contribution in [0.3, 0.4) is 0 Å². The zero-order chi connectivity index (χ0) is 28.1. The van der Waals surface area contributed by atoms with Crippen molar-refractivity contribution >= 4 is 22.1 Å². The molecule has 1 rings (SSSR count). The maximum Gasteiger partial charge on any atom is 0.339 e. The highest BCUT2D eigenvalue weighted by Gasteiger charge is 2.23. The Balaban J connectivity index is 2.52. The molecule has 0 spiro atoms. The van der Waals surface area contributed by atoms with Gasteiger partial charge in [0.1, 0.15) is 0 Å². The van der Waals surface area contributed by atoms with E-state index < -0.39 is 27.0 Å². The first-order valence-electron chi connectivity index (χ1n) is 14.0. The largest absolute Gasteiger partial charge is 0.462 e. The third kappa shape index (κ3) is 15.1. The number of rotatable bonds is 21. The van der Waals surface area contributed by atoms with Crippen LogP contribution < -0.4 is 0 Å². The predicted molar refractivity (Wildman–Crippen MR) is 151 cm³/mol. The van der Waals surface area contributed by atoms with Gasteiger partial charge in [0.25, 0.3) is 10.1 Å². The van der Waals surface area contributed by atoms with Crippen LogP contribution in [0.1, 0.15) is 124 Å². The standard InChI is InChI=1S/C30H46O7S/c1-3-5-7-9-11-13-15-17-19-23-36-29(31)27-22-21-26(38(33,34)35)25-28(27)30(32)37-24-20-18-16-14-12-10-8-6-4-2/h3-6,21-22,25H,7-20,23-24H2,1-2H3,(H,33,34,35)/b5-3+,6-4+. The van der Waals surface area contributed by atoms with E-state index in [2.05, 4.69) is 24.3 Å². The van der Waals surface area contributed by atoms with E-state index in [1.165, 1.54) is 25.3 Å². The quantitative estimate of drug-likeness (QED) is 0.0718. The minimum atomic E-state index is -4.55.